The number of anilines is 1. The lowest BCUT2D eigenvalue weighted by molar-refractivity contribution is -0.138. The Hall–Kier alpha value is -2.86. The molecule has 4 rings (SSSR count). The Balaban J connectivity index is 1.31. The summed E-state index contributed by atoms with van der Waals surface area (Å²) in [6.07, 6.45) is -3.18. The van der Waals surface area contributed by atoms with Crippen LogP contribution in [0.3, 0.4) is 0 Å². The number of carbonyl (C=O) groups is 3. The summed E-state index contributed by atoms with van der Waals surface area (Å²) in [5, 5.41) is 8.07. The van der Waals surface area contributed by atoms with Crippen LogP contribution in [0, 0.1) is 0 Å². The molecule has 9 nitrogen and oxygen atoms in total. The minimum absolute atomic E-state index is 0.0280. The number of ether oxygens (including phenoxy) is 1. The minimum Gasteiger partial charge on any atom is -0.378 e. The number of nitrogens with zero attached hydrogens (tertiary/aromatic N) is 2. The molecule has 3 atom stereocenters. The molecule has 0 radical (unpaired) electrons. The Morgan fingerprint density at radius 1 is 1.21 bits per heavy atom. The molecule has 3 heterocycles. The van der Waals surface area contributed by atoms with E-state index in [-0.39, 0.29) is 29.6 Å². The number of benzene rings is 1. The molecule has 3 saturated heterocycles. The molecule has 1 aromatic rings. The van der Waals surface area contributed by atoms with Crippen molar-refractivity contribution in [3.63, 3.8) is 0 Å². The summed E-state index contributed by atoms with van der Waals surface area (Å²) in [5.74, 6) is -0.0653. The van der Waals surface area contributed by atoms with E-state index in [2.05, 4.69) is 16.0 Å². The number of amides is 4. The van der Waals surface area contributed by atoms with Crippen molar-refractivity contribution in [2.45, 2.75) is 43.6 Å². The molecule has 3 fully saturated rings. The molecule has 1 aromatic carbocycles. The normalized spacial score (nSPS) is 25.4. The van der Waals surface area contributed by atoms with Crippen LogP contribution in [0.25, 0.3) is 0 Å². The number of nitrogens with one attached hydrogen (secondary N) is 3. The number of hydrogen-bond donors (Lipinski definition) is 3. The summed E-state index contributed by atoms with van der Waals surface area (Å²) in [7, 11) is 0. The second kappa shape index (κ2) is 10.2. The van der Waals surface area contributed by atoms with Gasteiger partial charge >= 0.3 is 12.2 Å². The second-order valence-electron chi connectivity index (χ2n) is 8.75. The quantitative estimate of drug-likeness (QED) is 0.588. The summed E-state index contributed by atoms with van der Waals surface area (Å²) in [5.41, 5.74) is -0.824. The van der Waals surface area contributed by atoms with Crippen molar-refractivity contribution in [2.24, 2.45) is 0 Å². The predicted molar refractivity (Wildman–Crippen MR) is 116 cm³/mol. The van der Waals surface area contributed by atoms with Gasteiger partial charge in [0.25, 0.3) is 0 Å². The average Bonchev–Trinajstić information content (AvgIpc) is 3.23. The highest BCUT2D eigenvalue weighted by molar-refractivity contribution is 5.90. The number of fused-ring (bicyclic) bond motifs is 1. The lowest BCUT2D eigenvalue weighted by Crippen LogP contribution is -2.58. The van der Waals surface area contributed by atoms with E-state index in [9.17, 15) is 27.6 Å². The number of hydrogen-bond acceptors (Lipinski definition) is 5. The van der Waals surface area contributed by atoms with Gasteiger partial charge in [-0.3, -0.25) is 14.5 Å². The van der Waals surface area contributed by atoms with Crippen molar-refractivity contribution in [1.82, 2.24) is 20.4 Å². The number of urea groups is 1. The zero-order valence-corrected chi connectivity index (χ0v) is 18.6. The maximum atomic E-state index is 12.9. The molecule has 186 valence electrons. The lowest BCUT2D eigenvalue weighted by atomic mass is 10.0. The van der Waals surface area contributed by atoms with Crippen LogP contribution in [0.2, 0.25) is 0 Å². The fourth-order valence-corrected chi connectivity index (χ4v) is 4.74. The van der Waals surface area contributed by atoms with E-state index in [0.29, 0.717) is 58.7 Å². The van der Waals surface area contributed by atoms with E-state index in [1.165, 1.54) is 12.1 Å². The highest BCUT2D eigenvalue weighted by Crippen LogP contribution is 2.31. The Bertz CT molecular complexity index is 922. The molecule has 0 bridgehead atoms. The van der Waals surface area contributed by atoms with Crippen LogP contribution in [-0.2, 0) is 20.5 Å². The van der Waals surface area contributed by atoms with Crippen LogP contribution in [0.1, 0.15) is 24.8 Å². The Morgan fingerprint density at radius 3 is 2.71 bits per heavy atom. The summed E-state index contributed by atoms with van der Waals surface area (Å²) < 4.78 is 44.0. The third kappa shape index (κ3) is 5.79. The fraction of sp³-hybridized carbons (Fsp3) is 0.591. The van der Waals surface area contributed by atoms with E-state index in [4.69, 9.17) is 4.74 Å². The lowest BCUT2D eigenvalue weighted by Gasteiger charge is -2.37. The van der Waals surface area contributed by atoms with E-state index in [1.807, 2.05) is 4.90 Å². The molecule has 0 aromatic heterocycles. The molecular formula is C22H28F3N5O4. The maximum Gasteiger partial charge on any atom is 0.416 e. The van der Waals surface area contributed by atoms with Crippen LogP contribution >= 0.6 is 0 Å². The molecule has 12 heteroatoms. The molecule has 4 amide bonds. The van der Waals surface area contributed by atoms with E-state index in [0.717, 1.165) is 12.1 Å². The zero-order chi connectivity index (χ0) is 24.3. The van der Waals surface area contributed by atoms with E-state index < -0.39 is 23.8 Å². The third-order valence-electron chi connectivity index (χ3n) is 6.46. The van der Waals surface area contributed by atoms with E-state index >= 15 is 0 Å². The van der Waals surface area contributed by atoms with Crippen molar-refractivity contribution in [1.29, 1.82) is 0 Å². The van der Waals surface area contributed by atoms with Gasteiger partial charge in [0.1, 0.15) is 0 Å². The largest absolute Gasteiger partial charge is 0.416 e. The number of piperazine rings is 1. The maximum absolute atomic E-state index is 12.9. The van der Waals surface area contributed by atoms with Crippen molar-refractivity contribution in [3.05, 3.63) is 29.8 Å². The molecule has 34 heavy (non-hydrogen) atoms. The Kier molecular flexibility index (Phi) is 7.27. The van der Waals surface area contributed by atoms with Crippen LogP contribution < -0.4 is 16.0 Å². The topological polar surface area (TPSA) is 103 Å². The van der Waals surface area contributed by atoms with Crippen molar-refractivity contribution in [3.8, 4) is 0 Å². The van der Waals surface area contributed by atoms with Crippen LogP contribution in [-0.4, -0.2) is 85.2 Å². The highest BCUT2D eigenvalue weighted by Gasteiger charge is 2.44. The standard InChI is InChI=1S/C22H28F3N5O4/c23-22(24,25)14-2-1-3-15(10-14)27-21(33)28-16-11-18-20(32)26-12-17(30(18)13-16)4-5-19(31)29-6-8-34-9-7-29/h1-3,10,16-18H,4-9,11-13H2,(H,26,32)(H2,27,28,33)/t16-,17-,18+/m1/s1. The third-order valence-corrected chi connectivity index (χ3v) is 6.46. The van der Waals surface area contributed by atoms with Gasteiger partial charge in [-0.25, -0.2) is 4.79 Å². The van der Waals surface area contributed by atoms with Gasteiger partial charge in [-0.05, 0) is 31.0 Å². The Labute approximate surface area is 195 Å². The van der Waals surface area contributed by atoms with Gasteiger partial charge < -0.3 is 25.6 Å². The van der Waals surface area contributed by atoms with Crippen molar-refractivity contribution < 1.29 is 32.3 Å². The van der Waals surface area contributed by atoms with Crippen LogP contribution in [0.5, 0.6) is 0 Å². The first kappa shape index (κ1) is 24.3. The predicted octanol–water partition coefficient (Wildman–Crippen LogP) is 1.41. The number of halogens is 3. The van der Waals surface area contributed by atoms with Gasteiger partial charge in [0.05, 0.1) is 24.8 Å². The molecule has 3 N–H and O–H groups in total. The number of morpholine rings is 1. The van der Waals surface area contributed by atoms with Gasteiger partial charge in [-0.2, -0.15) is 13.2 Å². The van der Waals surface area contributed by atoms with Gasteiger partial charge in [0.2, 0.25) is 11.8 Å². The average molecular weight is 483 g/mol. The first-order valence-corrected chi connectivity index (χ1v) is 11.3. The molecule has 3 aliphatic rings. The van der Waals surface area contributed by atoms with Gasteiger partial charge in [-0.1, -0.05) is 6.07 Å². The van der Waals surface area contributed by atoms with Gasteiger partial charge in [0.15, 0.2) is 0 Å². The highest BCUT2D eigenvalue weighted by atomic mass is 19.4. The Morgan fingerprint density at radius 2 is 1.97 bits per heavy atom. The summed E-state index contributed by atoms with van der Waals surface area (Å²) in [6, 6.07) is 2.96. The summed E-state index contributed by atoms with van der Waals surface area (Å²) >= 11 is 0. The van der Waals surface area contributed by atoms with Crippen molar-refractivity contribution >= 4 is 23.5 Å². The molecule has 0 unspecified atom stereocenters. The minimum atomic E-state index is -4.51. The van der Waals surface area contributed by atoms with Gasteiger partial charge in [0, 0.05) is 50.4 Å². The number of carbonyl (C=O) groups excluding carboxylic acids is 3. The molecular weight excluding hydrogens is 455 g/mol. The van der Waals surface area contributed by atoms with Crippen LogP contribution in [0.15, 0.2) is 24.3 Å². The number of alkyl halides is 3. The molecule has 0 spiro atoms. The summed E-state index contributed by atoms with van der Waals surface area (Å²) in [4.78, 5) is 41.1. The summed E-state index contributed by atoms with van der Waals surface area (Å²) in [6.45, 7) is 3.09. The molecule has 0 aliphatic carbocycles. The van der Waals surface area contributed by atoms with E-state index in [1.54, 1.807) is 4.90 Å². The van der Waals surface area contributed by atoms with Crippen LogP contribution in [0.4, 0.5) is 23.7 Å². The fourth-order valence-electron chi connectivity index (χ4n) is 4.74. The molecule has 3 aliphatic heterocycles. The first-order chi connectivity index (χ1) is 16.2. The van der Waals surface area contributed by atoms with Gasteiger partial charge in [-0.15, -0.1) is 0 Å². The SMILES string of the molecule is O=C(Nc1cccc(C(F)(F)F)c1)N[C@@H]1C[C@H]2C(=O)NC[C@@H](CCC(=O)N3CCOCC3)N2C1. The second-order valence-corrected chi connectivity index (χ2v) is 8.75. The first-order valence-electron chi connectivity index (χ1n) is 11.3. The zero-order valence-electron chi connectivity index (χ0n) is 18.6. The monoisotopic (exact) mass is 483 g/mol. The molecule has 0 saturated carbocycles. The smallest absolute Gasteiger partial charge is 0.378 e. The van der Waals surface area contributed by atoms with Crippen molar-refractivity contribution in [2.75, 3.05) is 44.7 Å². The number of rotatable bonds is 5.